The molecule has 3 aromatic rings. The van der Waals surface area contributed by atoms with Gasteiger partial charge in [0.1, 0.15) is 17.2 Å². The summed E-state index contributed by atoms with van der Waals surface area (Å²) in [6, 6.07) is 17.8. The standard InChI is InChI=1S/C23H22N2O4/c1-16-5-9-18(10-6-16)22(26)25-21(14-17-7-11-19(28-2)12-8-17)23(27)24-15-20-4-3-13-29-20/h3-14H,15H2,1-2H3,(H,24,27)(H,25,26)/b21-14+. The van der Waals surface area contributed by atoms with Gasteiger partial charge in [0, 0.05) is 5.56 Å². The number of carbonyl (C=O) groups is 2. The Hall–Kier alpha value is -3.80. The van der Waals surface area contributed by atoms with Gasteiger partial charge in [0.05, 0.1) is 19.9 Å². The van der Waals surface area contributed by atoms with Crippen molar-refractivity contribution in [3.63, 3.8) is 0 Å². The fraction of sp³-hybridized carbons (Fsp3) is 0.130. The second-order valence-corrected chi connectivity index (χ2v) is 6.41. The minimum Gasteiger partial charge on any atom is -0.497 e. The van der Waals surface area contributed by atoms with E-state index in [1.54, 1.807) is 61.7 Å². The molecule has 0 aliphatic rings. The van der Waals surface area contributed by atoms with Crippen LogP contribution in [0, 0.1) is 6.92 Å². The molecule has 2 N–H and O–H groups in total. The van der Waals surface area contributed by atoms with Crippen LogP contribution in [0.1, 0.15) is 27.2 Å². The first kappa shape index (κ1) is 19.9. The van der Waals surface area contributed by atoms with Crippen LogP contribution in [0.5, 0.6) is 5.75 Å². The highest BCUT2D eigenvalue weighted by Gasteiger charge is 2.15. The lowest BCUT2D eigenvalue weighted by atomic mass is 10.1. The van der Waals surface area contributed by atoms with Crippen molar-refractivity contribution in [2.75, 3.05) is 7.11 Å². The second kappa shape index (κ2) is 9.41. The Balaban J connectivity index is 1.80. The summed E-state index contributed by atoms with van der Waals surface area (Å²) in [5.74, 6) is 0.539. The summed E-state index contributed by atoms with van der Waals surface area (Å²) in [5.41, 5.74) is 2.40. The molecule has 0 unspecified atom stereocenters. The maximum Gasteiger partial charge on any atom is 0.268 e. The highest BCUT2D eigenvalue weighted by atomic mass is 16.5. The Labute approximate surface area is 169 Å². The van der Waals surface area contributed by atoms with Crippen molar-refractivity contribution in [1.82, 2.24) is 10.6 Å². The number of nitrogens with one attached hydrogen (secondary N) is 2. The number of aryl methyl sites for hydroxylation is 1. The van der Waals surface area contributed by atoms with Crippen molar-refractivity contribution in [3.8, 4) is 5.75 Å². The van der Waals surface area contributed by atoms with Crippen LogP contribution in [0.25, 0.3) is 6.08 Å². The lowest BCUT2D eigenvalue weighted by Crippen LogP contribution is -2.34. The van der Waals surface area contributed by atoms with Crippen molar-refractivity contribution in [1.29, 1.82) is 0 Å². The van der Waals surface area contributed by atoms with Crippen LogP contribution in [0.2, 0.25) is 0 Å². The Morgan fingerprint density at radius 3 is 2.38 bits per heavy atom. The van der Waals surface area contributed by atoms with Gasteiger partial charge < -0.3 is 19.8 Å². The zero-order valence-corrected chi connectivity index (χ0v) is 16.3. The van der Waals surface area contributed by atoms with E-state index in [4.69, 9.17) is 9.15 Å². The van der Waals surface area contributed by atoms with Gasteiger partial charge in [-0.25, -0.2) is 0 Å². The highest BCUT2D eigenvalue weighted by molar-refractivity contribution is 6.05. The number of rotatable bonds is 7. The molecule has 148 valence electrons. The number of furan rings is 1. The number of carbonyl (C=O) groups excluding carboxylic acids is 2. The number of hydrogen-bond acceptors (Lipinski definition) is 4. The summed E-state index contributed by atoms with van der Waals surface area (Å²) < 4.78 is 10.4. The van der Waals surface area contributed by atoms with Crippen LogP contribution in [0.15, 0.2) is 77.0 Å². The van der Waals surface area contributed by atoms with Crippen LogP contribution in [0.3, 0.4) is 0 Å². The van der Waals surface area contributed by atoms with Crippen molar-refractivity contribution >= 4 is 17.9 Å². The molecule has 6 nitrogen and oxygen atoms in total. The van der Waals surface area contributed by atoms with Gasteiger partial charge in [-0.1, -0.05) is 29.8 Å². The lowest BCUT2D eigenvalue weighted by Gasteiger charge is -2.11. The Kier molecular flexibility index (Phi) is 6.47. The maximum absolute atomic E-state index is 12.7. The molecule has 29 heavy (non-hydrogen) atoms. The molecule has 0 bridgehead atoms. The number of amides is 2. The summed E-state index contributed by atoms with van der Waals surface area (Å²) in [4.78, 5) is 25.4. The maximum atomic E-state index is 12.7. The molecule has 0 saturated carbocycles. The molecule has 0 atom stereocenters. The highest BCUT2D eigenvalue weighted by Crippen LogP contribution is 2.14. The number of methoxy groups -OCH3 is 1. The third kappa shape index (κ3) is 5.59. The first-order valence-electron chi connectivity index (χ1n) is 9.09. The van der Waals surface area contributed by atoms with Gasteiger partial charge in [0.2, 0.25) is 0 Å². The van der Waals surface area contributed by atoms with Crippen molar-refractivity contribution in [2.45, 2.75) is 13.5 Å². The van der Waals surface area contributed by atoms with Crippen LogP contribution >= 0.6 is 0 Å². The minimum absolute atomic E-state index is 0.132. The van der Waals surface area contributed by atoms with Gasteiger partial charge >= 0.3 is 0 Å². The molecule has 0 spiro atoms. The molecule has 0 aliphatic carbocycles. The molecule has 2 aromatic carbocycles. The molecule has 0 radical (unpaired) electrons. The molecule has 0 saturated heterocycles. The van der Waals surface area contributed by atoms with Crippen molar-refractivity contribution in [3.05, 3.63) is 95.1 Å². The molecule has 0 fully saturated rings. The molecular formula is C23H22N2O4. The Morgan fingerprint density at radius 1 is 1.03 bits per heavy atom. The number of hydrogen-bond donors (Lipinski definition) is 2. The van der Waals surface area contributed by atoms with E-state index in [2.05, 4.69) is 10.6 Å². The predicted molar refractivity (Wildman–Crippen MR) is 110 cm³/mol. The summed E-state index contributed by atoms with van der Waals surface area (Å²) in [5, 5.41) is 5.46. The molecular weight excluding hydrogens is 368 g/mol. The zero-order valence-electron chi connectivity index (χ0n) is 16.3. The van der Waals surface area contributed by atoms with E-state index in [1.807, 2.05) is 19.1 Å². The predicted octanol–water partition coefficient (Wildman–Crippen LogP) is 3.68. The fourth-order valence-corrected chi connectivity index (χ4v) is 2.60. The largest absolute Gasteiger partial charge is 0.497 e. The molecule has 3 rings (SSSR count). The SMILES string of the molecule is COc1ccc(/C=C(/NC(=O)c2ccc(C)cc2)C(=O)NCc2ccco2)cc1. The van der Waals surface area contributed by atoms with Crippen LogP contribution in [-0.2, 0) is 11.3 Å². The average Bonchev–Trinajstić information content (AvgIpc) is 3.26. The van der Waals surface area contributed by atoms with Crippen LogP contribution in [0.4, 0.5) is 0 Å². The van der Waals surface area contributed by atoms with Crippen molar-refractivity contribution in [2.24, 2.45) is 0 Å². The summed E-state index contributed by atoms with van der Waals surface area (Å²) in [7, 11) is 1.58. The van der Waals surface area contributed by atoms with Gasteiger partial charge in [-0.05, 0) is 55.0 Å². The molecule has 6 heteroatoms. The Bertz CT molecular complexity index is 988. The van der Waals surface area contributed by atoms with E-state index in [1.165, 1.54) is 6.26 Å². The zero-order chi connectivity index (χ0) is 20.6. The normalized spacial score (nSPS) is 11.0. The first-order valence-corrected chi connectivity index (χ1v) is 9.09. The van der Waals surface area contributed by atoms with Gasteiger partial charge in [0.15, 0.2) is 0 Å². The minimum atomic E-state index is -0.419. The van der Waals surface area contributed by atoms with Crippen molar-refractivity contribution < 1.29 is 18.7 Å². The summed E-state index contributed by atoms with van der Waals surface area (Å²) >= 11 is 0. The van der Waals surface area contributed by atoms with E-state index in [-0.39, 0.29) is 18.1 Å². The summed E-state index contributed by atoms with van der Waals surface area (Å²) in [6.07, 6.45) is 3.15. The Morgan fingerprint density at radius 2 is 1.76 bits per heavy atom. The fourth-order valence-electron chi connectivity index (χ4n) is 2.60. The molecule has 2 amide bonds. The number of ether oxygens (including phenoxy) is 1. The van der Waals surface area contributed by atoms with E-state index in [9.17, 15) is 9.59 Å². The van der Waals surface area contributed by atoms with E-state index >= 15 is 0 Å². The van der Waals surface area contributed by atoms with Crippen LogP contribution in [-0.4, -0.2) is 18.9 Å². The topological polar surface area (TPSA) is 80.6 Å². The van der Waals surface area contributed by atoms with E-state index in [0.717, 1.165) is 11.1 Å². The quantitative estimate of drug-likeness (QED) is 0.603. The average molecular weight is 390 g/mol. The lowest BCUT2D eigenvalue weighted by molar-refractivity contribution is -0.118. The first-order chi connectivity index (χ1) is 14.0. The molecule has 1 heterocycles. The second-order valence-electron chi connectivity index (χ2n) is 6.41. The molecule has 1 aromatic heterocycles. The third-order valence-corrected chi connectivity index (χ3v) is 4.24. The summed E-state index contributed by atoms with van der Waals surface area (Å²) in [6.45, 7) is 2.16. The third-order valence-electron chi connectivity index (χ3n) is 4.24. The number of benzene rings is 2. The smallest absolute Gasteiger partial charge is 0.268 e. The van der Waals surface area contributed by atoms with Gasteiger partial charge in [-0.3, -0.25) is 9.59 Å². The van der Waals surface area contributed by atoms with Gasteiger partial charge in [-0.2, -0.15) is 0 Å². The monoisotopic (exact) mass is 390 g/mol. The van der Waals surface area contributed by atoms with Gasteiger partial charge in [-0.15, -0.1) is 0 Å². The van der Waals surface area contributed by atoms with E-state index < -0.39 is 5.91 Å². The molecule has 0 aliphatic heterocycles. The van der Waals surface area contributed by atoms with Gasteiger partial charge in [0.25, 0.3) is 11.8 Å². The van der Waals surface area contributed by atoms with E-state index in [0.29, 0.717) is 17.1 Å². The van der Waals surface area contributed by atoms with Crippen LogP contribution < -0.4 is 15.4 Å².